The van der Waals surface area contributed by atoms with Gasteiger partial charge >= 0.3 is 0 Å². The lowest BCUT2D eigenvalue weighted by molar-refractivity contribution is -0.141. The highest BCUT2D eigenvalue weighted by molar-refractivity contribution is 14.1. The number of hydrazone groups is 1. The second-order valence-electron chi connectivity index (χ2n) is 7.69. The van der Waals surface area contributed by atoms with E-state index in [-0.39, 0.29) is 40.9 Å². The van der Waals surface area contributed by atoms with Crippen LogP contribution in [0.25, 0.3) is 0 Å². The summed E-state index contributed by atoms with van der Waals surface area (Å²) in [6.45, 7) is 0. The van der Waals surface area contributed by atoms with E-state index in [2.05, 4.69) is 39.8 Å². The Morgan fingerprint density at radius 3 is 2.26 bits per heavy atom. The quantitative estimate of drug-likeness (QED) is 0.289. The van der Waals surface area contributed by atoms with Crippen molar-refractivity contribution in [2.45, 2.75) is 12.8 Å². The molecule has 140 valence electrons. The number of hydrogen-bond donors (Lipinski definition) is 0. The van der Waals surface area contributed by atoms with E-state index in [9.17, 15) is 9.59 Å². The number of halogens is 1. The van der Waals surface area contributed by atoms with E-state index >= 15 is 0 Å². The van der Waals surface area contributed by atoms with Crippen LogP contribution in [0.5, 0.6) is 11.5 Å². The van der Waals surface area contributed by atoms with Gasteiger partial charge in [-0.25, -0.2) is 0 Å². The van der Waals surface area contributed by atoms with Crippen LogP contribution in [0.2, 0.25) is 0 Å². The van der Waals surface area contributed by atoms with Crippen molar-refractivity contribution in [3.63, 3.8) is 0 Å². The largest absolute Gasteiger partial charge is 0.493 e. The van der Waals surface area contributed by atoms with E-state index in [4.69, 9.17) is 9.47 Å². The lowest BCUT2D eigenvalue weighted by Crippen LogP contribution is -2.30. The fourth-order valence-corrected chi connectivity index (χ4v) is 6.16. The van der Waals surface area contributed by atoms with Gasteiger partial charge in [-0.3, -0.25) is 9.59 Å². The van der Waals surface area contributed by atoms with Crippen molar-refractivity contribution in [3.05, 3.63) is 33.4 Å². The molecule has 3 fully saturated rings. The number of fused-ring (bicyclic) bond motifs is 3. The first-order valence-corrected chi connectivity index (χ1v) is 10.1. The van der Waals surface area contributed by atoms with Crippen LogP contribution in [0, 0.1) is 32.7 Å². The van der Waals surface area contributed by atoms with Gasteiger partial charge < -0.3 is 9.47 Å². The number of allylic oxidation sites excluding steroid dienone is 2. The predicted octanol–water partition coefficient (Wildman–Crippen LogP) is 2.84. The molecule has 4 aliphatic rings. The van der Waals surface area contributed by atoms with Crippen molar-refractivity contribution in [2.75, 3.05) is 14.2 Å². The topological polar surface area (TPSA) is 68.2 Å². The van der Waals surface area contributed by atoms with Gasteiger partial charge in [-0.2, -0.15) is 10.1 Å². The Morgan fingerprint density at radius 1 is 1.11 bits per heavy atom. The molecule has 0 radical (unpaired) electrons. The molecule has 7 heteroatoms. The molecule has 5 rings (SSSR count). The Morgan fingerprint density at radius 2 is 1.74 bits per heavy atom. The number of nitrogens with zero attached hydrogens (tertiary/aromatic N) is 2. The number of hydrogen-bond acceptors (Lipinski definition) is 5. The highest BCUT2D eigenvalue weighted by Gasteiger charge is 2.73. The Kier molecular flexibility index (Phi) is 3.70. The maximum Gasteiger partial charge on any atom is 0.254 e. The molecular weight excluding hydrogens is 459 g/mol. The summed E-state index contributed by atoms with van der Waals surface area (Å²) in [4.78, 5) is 25.9. The van der Waals surface area contributed by atoms with Gasteiger partial charge in [0.15, 0.2) is 11.5 Å². The van der Waals surface area contributed by atoms with E-state index in [0.717, 1.165) is 27.0 Å². The number of benzene rings is 1. The van der Waals surface area contributed by atoms with E-state index in [1.807, 2.05) is 6.07 Å². The highest BCUT2D eigenvalue weighted by atomic mass is 127. The summed E-state index contributed by atoms with van der Waals surface area (Å²) in [6.07, 6.45) is 8.14. The van der Waals surface area contributed by atoms with E-state index < -0.39 is 0 Å². The fourth-order valence-electron chi connectivity index (χ4n) is 5.31. The van der Waals surface area contributed by atoms with Crippen LogP contribution in [0.3, 0.4) is 0 Å². The van der Waals surface area contributed by atoms with Gasteiger partial charge in [0.25, 0.3) is 11.8 Å². The van der Waals surface area contributed by atoms with Crippen LogP contribution in [0.4, 0.5) is 0 Å². The average Bonchev–Trinajstić information content (AvgIpc) is 3.26. The summed E-state index contributed by atoms with van der Waals surface area (Å²) >= 11 is 2.15. The van der Waals surface area contributed by atoms with Gasteiger partial charge in [-0.05, 0) is 70.4 Å². The van der Waals surface area contributed by atoms with Crippen LogP contribution in [0.15, 0.2) is 29.4 Å². The second kappa shape index (κ2) is 5.80. The number of amides is 2. The van der Waals surface area contributed by atoms with Crippen LogP contribution >= 0.6 is 22.6 Å². The molecule has 1 spiro atoms. The number of rotatable bonds is 4. The SMILES string of the molecule is COc1cc(/C=N\N2C(=O)[C@@H]3[C@@H](C2=O)[C@H]2C=C[C@H]3C23CC3)cc(I)c1OC. The molecule has 6 nitrogen and oxygen atoms in total. The minimum Gasteiger partial charge on any atom is -0.493 e. The lowest BCUT2D eigenvalue weighted by Gasteiger charge is -2.18. The summed E-state index contributed by atoms with van der Waals surface area (Å²) in [5, 5.41) is 5.34. The molecule has 2 saturated carbocycles. The second-order valence-corrected chi connectivity index (χ2v) is 8.85. The Labute approximate surface area is 170 Å². The lowest BCUT2D eigenvalue weighted by atomic mass is 9.85. The third-order valence-electron chi connectivity index (χ3n) is 6.61. The fraction of sp³-hybridized carbons (Fsp3) is 0.450. The maximum absolute atomic E-state index is 12.9. The summed E-state index contributed by atoms with van der Waals surface area (Å²) in [7, 11) is 3.16. The van der Waals surface area contributed by atoms with Crippen LogP contribution < -0.4 is 9.47 Å². The third-order valence-corrected chi connectivity index (χ3v) is 7.41. The molecule has 2 amide bonds. The Bertz CT molecular complexity index is 887. The first kappa shape index (κ1) is 17.2. The van der Waals surface area contributed by atoms with Crippen molar-refractivity contribution < 1.29 is 19.1 Å². The molecule has 1 aliphatic heterocycles. The third kappa shape index (κ3) is 2.20. The van der Waals surface area contributed by atoms with Gasteiger partial charge in [0.05, 0.1) is 35.8 Å². The number of imide groups is 1. The van der Waals surface area contributed by atoms with Crippen LogP contribution in [-0.2, 0) is 9.59 Å². The molecule has 2 bridgehead atoms. The molecular formula is C20H19IN2O4. The molecule has 1 heterocycles. The van der Waals surface area contributed by atoms with Crippen molar-refractivity contribution in [1.29, 1.82) is 0 Å². The summed E-state index contributed by atoms with van der Waals surface area (Å²) in [5.41, 5.74) is 0.949. The van der Waals surface area contributed by atoms with Gasteiger partial charge in [0.2, 0.25) is 0 Å². The van der Waals surface area contributed by atoms with Gasteiger partial charge in [-0.1, -0.05) is 12.2 Å². The minimum absolute atomic E-state index is 0.153. The van der Waals surface area contributed by atoms with Crippen molar-refractivity contribution in [3.8, 4) is 11.5 Å². The van der Waals surface area contributed by atoms with Crippen LogP contribution in [-0.4, -0.2) is 37.3 Å². The average molecular weight is 478 g/mol. The van der Waals surface area contributed by atoms with Gasteiger partial charge in [0.1, 0.15) is 0 Å². The first-order chi connectivity index (χ1) is 13.0. The monoisotopic (exact) mass is 478 g/mol. The number of carbonyl (C=O) groups is 2. The summed E-state index contributed by atoms with van der Waals surface area (Å²) < 4.78 is 11.6. The predicted molar refractivity (Wildman–Crippen MR) is 106 cm³/mol. The van der Waals surface area contributed by atoms with Gasteiger partial charge in [0, 0.05) is 0 Å². The van der Waals surface area contributed by atoms with Gasteiger partial charge in [-0.15, -0.1) is 0 Å². The van der Waals surface area contributed by atoms with Crippen LogP contribution in [0.1, 0.15) is 18.4 Å². The molecule has 0 aromatic heterocycles. The Hall–Kier alpha value is -1.90. The maximum atomic E-state index is 12.9. The molecule has 27 heavy (non-hydrogen) atoms. The normalized spacial score (nSPS) is 32.0. The number of methoxy groups -OCH3 is 2. The highest BCUT2D eigenvalue weighted by Crippen LogP contribution is 2.73. The van der Waals surface area contributed by atoms with Crippen molar-refractivity contribution in [2.24, 2.45) is 34.2 Å². The van der Waals surface area contributed by atoms with E-state index in [1.165, 1.54) is 0 Å². The standard InChI is InChI=1S/C20H19IN2O4/c1-26-14-8-10(7-13(21)17(14)27-2)9-22-23-18(24)15-11-3-4-12(16(15)19(23)25)20(11)5-6-20/h3-4,7-9,11-12,15-16H,5-6H2,1-2H3/b22-9-/t11-,12-,15+,16+/m1/s1. The Balaban J connectivity index is 1.42. The summed E-state index contributed by atoms with van der Waals surface area (Å²) in [6, 6.07) is 3.66. The zero-order chi connectivity index (χ0) is 18.9. The molecule has 0 unspecified atom stereocenters. The first-order valence-electron chi connectivity index (χ1n) is 9.03. The molecule has 1 saturated heterocycles. The molecule has 4 atom stereocenters. The smallest absolute Gasteiger partial charge is 0.254 e. The van der Waals surface area contributed by atoms with Crippen molar-refractivity contribution >= 4 is 40.6 Å². The zero-order valence-electron chi connectivity index (χ0n) is 15.0. The van der Waals surface area contributed by atoms with Crippen molar-refractivity contribution in [1.82, 2.24) is 5.01 Å². The number of carbonyl (C=O) groups excluding carboxylic acids is 2. The van der Waals surface area contributed by atoms with E-state index in [0.29, 0.717) is 11.5 Å². The molecule has 1 aromatic rings. The molecule has 1 aromatic carbocycles. The molecule has 3 aliphatic carbocycles. The minimum atomic E-state index is -0.224. The molecule has 0 N–H and O–H groups in total. The summed E-state index contributed by atoms with van der Waals surface area (Å²) in [5.74, 6) is 0.905. The van der Waals surface area contributed by atoms with E-state index in [1.54, 1.807) is 26.5 Å². The number of ether oxygens (including phenoxy) is 2. The zero-order valence-corrected chi connectivity index (χ0v) is 17.2.